The van der Waals surface area contributed by atoms with Crippen molar-refractivity contribution in [2.24, 2.45) is 0 Å². The van der Waals surface area contributed by atoms with Crippen LogP contribution in [-0.2, 0) is 0 Å². The minimum absolute atomic E-state index is 0.273. The van der Waals surface area contributed by atoms with Gasteiger partial charge in [0, 0.05) is 11.1 Å². The predicted molar refractivity (Wildman–Crippen MR) is 72.6 cm³/mol. The fraction of sp³-hybridized carbons (Fsp3) is 0.133. The van der Waals surface area contributed by atoms with E-state index in [0.717, 1.165) is 0 Å². The zero-order chi connectivity index (χ0) is 14.0. The topological polar surface area (TPSA) is 26.3 Å². The Hall–Kier alpha value is -1.87. The smallest absolute Gasteiger partial charge is 0.194 e. The zero-order valence-electron chi connectivity index (χ0n) is 10.5. The molecule has 0 fully saturated rings. The number of aryl methyl sites for hydroxylation is 1. The quantitative estimate of drug-likeness (QED) is 0.793. The molecule has 0 aliphatic rings. The van der Waals surface area contributed by atoms with Crippen LogP contribution < -0.4 is 4.74 Å². The summed E-state index contributed by atoms with van der Waals surface area (Å²) in [6.07, 6.45) is 0. The lowest BCUT2D eigenvalue weighted by Crippen LogP contribution is -2.03. The molecule has 2 aromatic carbocycles. The fourth-order valence-corrected chi connectivity index (χ4v) is 1.95. The summed E-state index contributed by atoms with van der Waals surface area (Å²) in [6.45, 7) is 1.64. The Balaban J connectivity index is 2.41. The highest BCUT2D eigenvalue weighted by Gasteiger charge is 2.14. The molecule has 0 N–H and O–H groups in total. The van der Waals surface area contributed by atoms with Gasteiger partial charge in [0.05, 0.1) is 12.1 Å². The molecule has 0 aliphatic carbocycles. The summed E-state index contributed by atoms with van der Waals surface area (Å²) < 4.78 is 18.5. The first-order chi connectivity index (χ1) is 9.02. The molecule has 0 saturated heterocycles. The van der Waals surface area contributed by atoms with Crippen molar-refractivity contribution in [2.75, 3.05) is 7.11 Å². The number of halogens is 2. The molecule has 4 heteroatoms. The first kappa shape index (κ1) is 13.6. The molecule has 0 unspecified atom stereocenters. The Morgan fingerprint density at radius 1 is 1.21 bits per heavy atom. The van der Waals surface area contributed by atoms with E-state index in [1.54, 1.807) is 37.3 Å². The van der Waals surface area contributed by atoms with Crippen molar-refractivity contribution in [1.82, 2.24) is 0 Å². The first-order valence-corrected chi connectivity index (χ1v) is 6.05. The van der Waals surface area contributed by atoms with Crippen molar-refractivity contribution in [3.8, 4) is 5.75 Å². The molecule has 0 radical (unpaired) electrons. The van der Waals surface area contributed by atoms with Crippen molar-refractivity contribution in [2.45, 2.75) is 6.92 Å². The van der Waals surface area contributed by atoms with Crippen LogP contribution in [0, 0.1) is 12.7 Å². The summed E-state index contributed by atoms with van der Waals surface area (Å²) >= 11 is 6.03. The Morgan fingerprint density at radius 2 is 1.95 bits per heavy atom. The Labute approximate surface area is 115 Å². The normalized spacial score (nSPS) is 10.3. The van der Waals surface area contributed by atoms with Gasteiger partial charge in [-0.25, -0.2) is 4.39 Å². The van der Waals surface area contributed by atoms with Crippen molar-refractivity contribution in [3.05, 3.63) is 63.9 Å². The molecular weight excluding hydrogens is 267 g/mol. The van der Waals surface area contributed by atoms with Gasteiger partial charge in [0.15, 0.2) is 5.78 Å². The van der Waals surface area contributed by atoms with Gasteiger partial charge in [-0.2, -0.15) is 0 Å². The molecule has 0 saturated carbocycles. The van der Waals surface area contributed by atoms with Gasteiger partial charge in [-0.3, -0.25) is 4.79 Å². The molecule has 0 aliphatic heterocycles. The average Bonchev–Trinajstić information content (AvgIpc) is 2.41. The van der Waals surface area contributed by atoms with Gasteiger partial charge < -0.3 is 4.74 Å². The van der Waals surface area contributed by atoms with Gasteiger partial charge in [-0.05, 0) is 36.8 Å². The highest BCUT2D eigenvalue weighted by molar-refractivity contribution is 6.35. The van der Waals surface area contributed by atoms with E-state index in [4.69, 9.17) is 16.3 Å². The van der Waals surface area contributed by atoms with Crippen molar-refractivity contribution < 1.29 is 13.9 Å². The molecule has 19 heavy (non-hydrogen) atoms. The molecule has 0 heterocycles. The molecule has 0 spiro atoms. The van der Waals surface area contributed by atoms with Crippen molar-refractivity contribution in [3.63, 3.8) is 0 Å². The largest absolute Gasteiger partial charge is 0.497 e. The lowest BCUT2D eigenvalue weighted by Gasteiger charge is -2.07. The van der Waals surface area contributed by atoms with Gasteiger partial charge in [0.1, 0.15) is 11.6 Å². The van der Waals surface area contributed by atoms with Crippen LogP contribution in [0.4, 0.5) is 4.39 Å². The molecular formula is C15H12ClFO2. The summed E-state index contributed by atoms with van der Waals surface area (Å²) in [7, 11) is 1.52. The standard InChI is InChI=1S/C15H12ClFO2/c1-9-3-4-10(7-14(9)17)15(18)12-6-5-11(19-2)8-13(12)16/h3-8H,1-2H3. The zero-order valence-corrected chi connectivity index (χ0v) is 11.3. The number of methoxy groups -OCH3 is 1. The number of hydrogen-bond donors (Lipinski definition) is 0. The summed E-state index contributed by atoms with van der Waals surface area (Å²) in [5.41, 5.74) is 1.10. The number of rotatable bonds is 3. The third kappa shape index (κ3) is 2.76. The van der Waals surface area contributed by atoms with Crippen molar-refractivity contribution >= 4 is 17.4 Å². The van der Waals surface area contributed by atoms with Crippen molar-refractivity contribution in [1.29, 1.82) is 0 Å². The van der Waals surface area contributed by atoms with Crippen LogP contribution in [0.15, 0.2) is 36.4 Å². The van der Waals surface area contributed by atoms with E-state index in [0.29, 0.717) is 16.9 Å². The van der Waals surface area contributed by atoms with Crippen LogP contribution in [-0.4, -0.2) is 12.9 Å². The van der Waals surface area contributed by atoms with E-state index in [-0.39, 0.29) is 16.4 Å². The molecule has 2 rings (SSSR count). The molecule has 0 bridgehead atoms. The SMILES string of the molecule is COc1ccc(C(=O)c2ccc(C)c(F)c2)c(Cl)c1. The highest BCUT2D eigenvalue weighted by atomic mass is 35.5. The minimum atomic E-state index is -0.407. The monoisotopic (exact) mass is 278 g/mol. The molecule has 0 atom stereocenters. The van der Waals surface area contributed by atoms with Gasteiger partial charge in [-0.15, -0.1) is 0 Å². The Bertz CT molecular complexity index is 638. The number of ketones is 1. The predicted octanol–water partition coefficient (Wildman–Crippen LogP) is 4.03. The molecule has 0 aromatic heterocycles. The number of ether oxygens (including phenoxy) is 1. The lowest BCUT2D eigenvalue weighted by atomic mass is 10.0. The van der Waals surface area contributed by atoms with Crippen LogP contribution in [0.25, 0.3) is 0 Å². The second-order valence-electron chi connectivity index (χ2n) is 4.14. The van der Waals surface area contributed by atoms with E-state index < -0.39 is 5.82 Å². The van der Waals surface area contributed by atoms with Gasteiger partial charge in [0.2, 0.25) is 0 Å². The second-order valence-corrected chi connectivity index (χ2v) is 4.55. The molecule has 2 nitrogen and oxygen atoms in total. The van der Waals surface area contributed by atoms with E-state index in [2.05, 4.69) is 0 Å². The summed E-state index contributed by atoms with van der Waals surface area (Å²) in [5, 5.41) is 0.283. The third-order valence-electron chi connectivity index (χ3n) is 2.85. The summed E-state index contributed by atoms with van der Waals surface area (Å²) in [5.74, 6) is -0.154. The van der Waals surface area contributed by atoms with Crippen LogP contribution in [0.5, 0.6) is 5.75 Å². The fourth-order valence-electron chi connectivity index (χ4n) is 1.70. The Morgan fingerprint density at radius 3 is 2.53 bits per heavy atom. The van der Waals surface area contributed by atoms with E-state index in [9.17, 15) is 9.18 Å². The van der Waals surface area contributed by atoms with E-state index >= 15 is 0 Å². The average molecular weight is 279 g/mol. The highest BCUT2D eigenvalue weighted by Crippen LogP contribution is 2.25. The number of carbonyl (C=O) groups is 1. The van der Waals surface area contributed by atoms with Gasteiger partial charge in [0.25, 0.3) is 0 Å². The van der Waals surface area contributed by atoms with Gasteiger partial charge in [-0.1, -0.05) is 23.7 Å². The number of carbonyl (C=O) groups excluding carboxylic acids is 1. The number of hydrogen-bond acceptors (Lipinski definition) is 2. The summed E-state index contributed by atoms with van der Waals surface area (Å²) in [6, 6.07) is 9.14. The van der Waals surface area contributed by atoms with Crippen LogP contribution in [0.2, 0.25) is 5.02 Å². The van der Waals surface area contributed by atoms with Crippen LogP contribution in [0.3, 0.4) is 0 Å². The Kier molecular flexibility index (Phi) is 3.86. The minimum Gasteiger partial charge on any atom is -0.497 e. The second kappa shape index (κ2) is 5.41. The maximum absolute atomic E-state index is 13.5. The maximum Gasteiger partial charge on any atom is 0.194 e. The maximum atomic E-state index is 13.5. The number of benzene rings is 2. The summed E-state index contributed by atoms with van der Waals surface area (Å²) in [4.78, 5) is 12.2. The van der Waals surface area contributed by atoms with E-state index in [1.165, 1.54) is 13.2 Å². The third-order valence-corrected chi connectivity index (χ3v) is 3.17. The lowest BCUT2D eigenvalue weighted by molar-refractivity contribution is 0.103. The molecule has 98 valence electrons. The van der Waals surface area contributed by atoms with Crippen LogP contribution >= 0.6 is 11.6 Å². The molecule has 2 aromatic rings. The van der Waals surface area contributed by atoms with Gasteiger partial charge >= 0.3 is 0 Å². The molecule has 0 amide bonds. The van der Waals surface area contributed by atoms with Crippen LogP contribution in [0.1, 0.15) is 21.5 Å². The first-order valence-electron chi connectivity index (χ1n) is 5.67. The van der Waals surface area contributed by atoms with E-state index in [1.807, 2.05) is 0 Å².